The van der Waals surface area contributed by atoms with Crippen LogP contribution in [0.3, 0.4) is 0 Å². The smallest absolute Gasteiger partial charge is 0.191 e. The van der Waals surface area contributed by atoms with E-state index in [0.29, 0.717) is 19.1 Å². The number of aliphatic imine (C=N–C) groups is 1. The molecule has 8 heteroatoms. The molecule has 0 spiro atoms. The summed E-state index contributed by atoms with van der Waals surface area (Å²) in [5.41, 5.74) is 3.41. The number of aromatic nitrogens is 1. The number of guanidine groups is 1. The van der Waals surface area contributed by atoms with Crippen LogP contribution < -0.4 is 15.4 Å². The molecule has 1 saturated heterocycles. The van der Waals surface area contributed by atoms with Gasteiger partial charge in [0.05, 0.1) is 30.5 Å². The maximum Gasteiger partial charge on any atom is 0.191 e. The number of thiazole rings is 1. The first kappa shape index (κ1) is 25.9. The first-order chi connectivity index (χ1) is 14.5. The van der Waals surface area contributed by atoms with Gasteiger partial charge in [0.25, 0.3) is 0 Å². The highest BCUT2D eigenvalue weighted by atomic mass is 127. The molecule has 1 aliphatic heterocycles. The molecule has 0 amide bonds. The van der Waals surface area contributed by atoms with Crippen LogP contribution in [0, 0.1) is 6.92 Å². The van der Waals surface area contributed by atoms with Crippen LogP contribution in [0.25, 0.3) is 0 Å². The Bertz CT molecular complexity index is 835. The average molecular weight is 559 g/mol. The van der Waals surface area contributed by atoms with Gasteiger partial charge in [-0.05, 0) is 25.5 Å². The van der Waals surface area contributed by atoms with Crippen molar-refractivity contribution >= 4 is 41.3 Å². The van der Waals surface area contributed by atoms with Crippen LogP contribution >= 0.6 is 35.3 Å². The van der Waals surface area contributed by atoms with Gasteiger partial charge in [0.2, 0.25) is 0 Å². The number of hydrogen-bond donors (Lipinski definition) is 2. The van der Waals surface area contributed by atoms with Gasteiger partial charge in [0.1, 0.15) is 11.9 Å². The van der Waals surface area contributed by atoms with Crippen molar-refractivity contribution < 1.29 is 9.47 Å². The molecule has 31 heavy (non-hydrogen) atoms. The van der Waals surface area contributed by atoms with Crippen LogP contribution in [0.5, 0.6) is 5.75 Å². The molecule has 2 N–H and O–H groups in total. The number of ether oxygens (including phenoxy) is 2. The molecule has 2 aromatic rings. The maximum absolute atomic E-state index is 6.20. The van der Waals surface area contributed by atoms with Gasteiger partial charge in [-0.25, -0.2) is 9.98 Å². The zero-order chi connectivity index (χ0) is 21.3. The van der Waals surface area contributed by atoms with Crippen LogP contribution in [0.4, 0.5) is 0 Å². The van der Waals surface area contributed by atoms with Crippen molar-refractivity contribution in [3.05, 3.63) is 45.4 Å². The Hall–Kier alpha value is -1.39. The lowest BCUT2D eigenvalue weighted by Gasteiger charge is -2.16. The summed E-state index contributed by atoms with van der Waals surface area (Å²) in [6.07, 6.45) is 1.96. The van der Waals surface area contributed by atoms with Gasteiger partial charge in [-0.1, -0.05) is 26.0 Å². The van der Waals surface area contributed by atoms with E-state index >= 15 is 0 Å². The Balaban J connectivity index is 0.00000341. The third-order valence-corrected chi connectivity index (χ3v) is 6.09. The molecule has 6 nitrogen and oxygen atoms in total. The zero-order valence-corrected chi connectivity index (χ0v) is 22.1. The second kappa shape index (κ2) is 13.2. The number of halogens is 1. The molecule has 1 atom stereocenters. The number of hydrogen-bond acceptors (Lipinski definition) is 5. The minimum Gasteiger partial charge on any atom is -0.488 e. The number of aryl methyl sites for hydroxylation is 1. The maximum atomic E-state index is 6.20. The highest BCUT2D eigenvalue weighted by molar-refractivity contribution is 14.0. The molecule has 2 heterocycles. The van der Waals surface area contributed by atoms with Crippen LogP contribution in [-0.4, -0.2) is 43.4 Å². The largest absolute Gasteiger partial charge is 0.488 e. The number of rotatable bonds is 9. The van der Waals surface area contributed by atoms with Crippen molar-refractivity contribution in [1.29, 1.82) is 0 Å². The minimum absolute atomic E-state index is 0. The van der Waals surface area contributed by atoms with E-state index in [0.717, 1.165) is 55.5 Å². The number of nitrogens with zero attached hydrogens (tertiary/aromatic N) is 2. The van der Waals surface area contributed by atoms with Crippen LogP contribution in [0.1, 0.15) is 54.9 Å². The van der Waals surface area contributed by atoms with Crippen molar-refractivity contribution in [2.75, 3.05) is 26.3 Å². The molecule has 1 aromatic heterocycles. The molecule has 3 rings (SSSR count). The molecule has 1 aliphatic rings. The summed E-state index contributed by atoms with van der Waals surface area (Å²) in [4.78, 5) is 9.48. The standard InChI is InChI=1S/C23H34N4O2S.HI/c1-5-24-23(25-10-8-19-15-30-22(27-19)16(2)3)26-13-18-7-6-17(4)12-21(18)29-20-9-11-28-14-20;/h6-7,12,15-16,20H,5,8-11,13-14H2,1-4H3,(H2,24,25,26);1H. The van der Waals surface area contributed by atoms with Gasteiger partial charge in [-0.3, -0.25) is 0 Å². The highest BCUT2D eigenvalue weighted by Gasteiger charge is 2.18. The van der Waals surface area contributed by atoms with Crippen molar-refractivity contribution in [3.8, 4) is 5.75 Å². The quantitative estimate of drug-likeness (QED) is 0.266. The molecule has 0 aliphatic carbocycles. The summed E-state index contributed by atoms with van der Waals surface area (Å²) in [5.74, 6) is 2.21. The van der Waals surface area contributed by atoms with Gasteiger partial charge < -0.3 is 20.1 Å². The van der Waals surface area contributed by atoms with Gasteiger partial charge in [-0.2, -0.15) is 0 Å². The molecule has 0 bridgehead atoms. The number of nitrogens with one attached hydrogen (secondary N) is 2. The predicted octanol–water partition coefficient (Wildman–Crippen LogP) is 4.66. The van der Waals surface area contributed by atoms with E-state index in [1.54, 1.807) is 11.3 Å². The first-order valence-electron chi connectivity index (χ1n) is 10.9. The molecule has 1 aromatic carbocycles. The van der Waals surface area contributed by atoms with E-state index in [1.165, 1.54) is 10.6 Å². The summed E-state index contributed by atoms with van der Waals surface area (Å²) >= 11 is 1.74. The second-order valence-corrected chi connectivity index (χ2v) is 8.81. The lowest BCUT2D eigenvalue weighted by Crippen LogP contribution is -2.38. The van der Waals surface area contributed by atoms with Crippen molar-refractivity contribution in [2.45, 2.75) is 59.1 Å². The summed E-state index contributed by atoms with van der Waals surface area (Å²) in [5, 5.41) is 10.1. The predicted molar refractivity (Wildman–Crippen MR) is 139 cm³/mol. The Morgan fingerprint density at radius 1 is 1.35 bits per heavy atom. The topological polar surface area (TPSA) is 67.8 Å². The van der Waals surface area contributed by atoms with Crippen LogP contribution in [-0.2, 0) is 17.7 Å². The van der Waals surface area contributed by atoms with Gasteiger partial charge in [-0.15, -0.1) is 35.3 Å². The van der Waals surface area contributed by atoms with Gasteiger partial charge >= 0.3 is 0 Å². The van der Waals surface area contributed by atoms with Crippen LogP contribution in [0.15, 0.2) is 28.6 Å². The third kappa shape index (κ3) is 8.23. The lowest BCUT2D eigenvalue weighted by molar-refractivity contribution is 0.140. The SMILES string of the molecule is CCNC(=NCc1ccc(C)cc1OC1CCOC1)NCCc1csc(C(C)C)n1.I. The van der Waals surface area contributed by atoms with Gasteiger partial charge in [0, 0.05) is 42.8 Å². The summed E-state index contributed by atoms with van der Waals surface area (Å²) < 4.78 is 11.6. The van der Waals surface area contributed by atoms with Gasteiger partial charge in [0.15, 0.2) is 5.96 Å². The molecule has 0 saturated carbocycles. The third-order valence-electron chi connectivity index (χ3n) is 4.89. The molecular formula is C23H35IN4O2S. The molecule has 1 fully saturated rings. The number of benzene rings is 1. The molecule has 0 radical (unpaired) electrons. The van der Waals surface area contributed by atoms with Crippen LogP contribution in [0.2, 0.25) is 0 Å². The normalized spacial score (nSPS) is 16.3. The van der Waals surface area contributed by atoms with Crippen molar-refractivity contribution in [2.24, 2.45) is 4.99 Å². The molecular weight excluding hydrogens is 523 g/mol. The Morgan fingerprint density at radius 3 is 2.87 bits per heavy atom. The Morgan fingerprint density at radius 2 is 2.19 bits per heavy atom. The van der Waals surface area contributed by atoms with E-state index in [4.69, 9.17) is 19.5 Å². The lowest BCUT2D eigenvalue weighted by atomic mass is 10.1. The summed E-state index contributed by atoms with van der Waals surface area (Å²) in [7, 11) is 0. The first-order valence-corrected chi connectivity index (χ1v) is 11.7. The molecule has 1 unspecified atom stereocenters. The summed E-state index contributed by atoms with van der Waals surface area (Å²) in [6, 6.07) is 6.31. The zero-order valence-electron chi connectivity index (χ0n) is 18.9. The summed E-state index contributed by atoms with van der Waals surface area (Å²) in [6.45, 7) is 12.1. The van der Waals surface area contributed by atoms with E-state index < -0.39 is 0 Å². The Labute approximate surface area is 207 Å². The molecule has 172 valence electrons. The van der Waals surface area contributed by atoms with E-state index in [9.17, 15) is 0 Å². The monoisotopic (exact) mass is 558 g/mol. The average Bonchev–Trinajstić information content (AvgIpc) is 3.39. The van der Waals surface area contributed by atoms with E-state index in [1.807, 2.05) is 0 Å². The Kier molecular flexibility index (Phi) is 11.0. The van der Waals surface area contributed by atoms with Crippen molar-refractivity contribution in [1.82, 2.24) is 15.6 Å². The second-order valence-electron chi connectivity index (χ2n) is 7.92. The van der Waals surface area contributed by atoms with Crippen molar-refractivity contribution in [3.63, 3.8) is 0 Å². The fraction of sp³-hybridized carbons (Fsp3) is 0.565. The van der Waals surface area contributed by atoms with E-state index in [2.05, 4.69) is 61.9 Å². The fourth-order valence-corrected chi connectivity index (χ4v) is 4.07. The highest BCUT2D eigenvalue weighted by Crippen LogP contribution is 2.24. The van der Waals surface area contributed by atoms with E-state index in [-0.39, 0.29) is 30.1 Å². The fourth-order valence-electron chi connectivity index (χ4n) is 3.21. The minimum atomic E-state index is 0.